The molecule has 0 N–H and O–H groups in total. The number of benzene rings is 5. The Balaban J connectivity index is 2.03. The van der Waals surface area contributed by atoms with Gasteiger partial charge in [0.15, 0.2) is 0 Å². The van der Waals surface area contributed by atoms with Crippen molar-refractivity contribution >= 4 is 31.9 Å². The predicted octanol–water partition coefficient (Wildman–Crippen LogP) is 4.87. The Labute approximate surface area is 199 Å². The number of rotatable bonds is 6. The van der Waals surface area contributed by atoms with E-state index < -0.39 is 29.5 Å². The molecule has 0 aromatic heterocycles. The molecule has 0 bridgehead atoms. The van der Waals surface area contributed by atoms with Gasteiger partial charge in [-0.05, 0) is 0 Å². The van der Waals surface area contributed by atoms with Gasteiger partial charge in [-0.1, -0.05) is 0 Å². The van der Waals surface area contributed by atoms with Crippen molar-refractivity contribution in [2.24, 2.45) is 0 Å². The van der Waals surface area contributed by atoms with Crippen LogP contribution in [0.15, 0.2) is 140 Å². The van der Waals surface area contributed by atoms with E-state index in [1.54, 1.807) is 0 Å². The van der Waals surface area contributed by atoms with Gasteiger partial charge >= 0.3 is 201 Å². The summed E-state index contributed by atoms with van der Waals surface area (Å²) in [5.74, 6) is -1.34. The topological polar surface area (TPSA) is 9.23 Å². The molecule has 5 rings (SSSR count). The third-order valence-electron chi connectivity index (χ3n) is 6.17. The van der Waals surface area contributed by atoms with Gasteiger partial charge in [0.25, 0.3) is 0 Å². The molecule has 4 heteroatoms. The summed E-state index contributed by atoms with van der Waals surface area (Å²) in [6.07, 6.45) is 0. The van der Waals surface area contributed by atoms with E-state index in [0.29, 0.717) is 0 Å². The van der Waals surface area contributed by atoms with Crippen LogP contribution < -0.4 is 17.1 Å². The van der Waals surface area contributed by atoms with Crippen molar-refractivity contribution < 1.29 is 11.8 Å². The Kier molecular flexibility index (Phi) is 5.98. The molecular weight excluding hydrogens is 536 g/mol. The van der Waals surface area contributed by atoms with E-state index in [0.717, 1.165) is 20.1 Å². The summed E-state index contributed by atoms with van der Waals surface area (Å²) < 4.78 is 40.3. The molecule has 0 amide bonds. The molecule has 0 saturated carbocycles. The van der Waals surface area contributed by atoms with E-state index in [1.807, 2.05) is 72.8 Å². The van der Waals surface area contributed by atoms with Crippen molar-refractivity contribution in [3.05, 3.63) is 151 Å². The van der Waals surface area contributed by atoms with Gasteiger partial charge in [-0.15, -0.1) is 0 Å². The molecule has 5 aromatic carbocycles. The Hall–Kier alpha value is -3.42. The van der Waals surface area contributed by atoms with Gasteiger partial charge in [-0.3, -0.25) is 0 Å². The average molecular weight is 559 g/mol. The fourth-order valence-electron chi connectivity index (χ4n) is 4.70. The number of hydrogen-bond acceptors (Lipinski definition) is 1. The van der Waals surface area contributed by atoms with Crippen molar-refractivity contribution in [2.45, 2.75) is 0 Å². The number of hydrogen-bond donors (Lipinski definition) is 0. The quantitative estimate of drug-likeness (QED) is 0.270. The van der Waals surface area contributed by atoms with Crippen LogP contribution in [-0.2, 0) is 0 Å². The normalized spacial score (nSPS) is 12.5. The van der Waals surface area contributed by atoms with Crippen LogP contribution in [0.3, 0.4) is 0 Å². The zero-order valence-corrected chi connectivity index (χ0v) is 20.9. The maximum absolute atomic E-state index is 15.3. The van der Waals surface area contributed by atoms with Crippen LogP contribution in [0, 0.1) is 11.6 Å². The molecule has 0 unspecified atom stereocenters. The van der Waals surface area contributed by atoms with Crippen molar-refractivity contribution in [1.82, 2.24) is 0 Å². The predicted molar refractivity (Wildman–Crippen MR) is 137 cm³/mol. The van der Waals surface area contributed by atoms with Crippen molar-refractivity contribution in [1.29, 1.82) is 0 Å². The van der Waals surface area contributed by atoms with Crippen molar-refractivity contribution in [3.8, 4) is 5.75 Å². The average Bonchev–Trinajstić information content (AvgIpc) is 2.91. The molecule has 0 radical (unpaired) electrons. The molecule has 0 heterocycles. The summed E-state index contributed by atoms with van der Waals surface area (Å²) in [5, 5.41) is 0. The van der Waals surface area contributed by atoms with Crippen LogP contribution in [0.4, 0.5) is 8.78 Å². The molecule has 34 heavy (non-hydrogen) atoms. The van der Waals surface area contributed by atoms with Gasteiger partial charge < -0.3 is 0 Å². The van der Waals surface area contributed by atoms with E-state index in [9.17, 15) is 4.39 Å². The minimum absolute atomic E-state index is 0.0311. The zero-order valence-electron chi connectivity index (χ0n) is 18.4. The Morgan fingerprint density at radius 3 is 1.12 bits per heavy atom. The second-order valence-electron chi connectivity index (χ2n) is 8.04. The summed E-state index contributed by atoms with van der Waals surface area (Å²) in [6, 6.07) is 43.8. The Bertz CT molecular complexity index is 1220. The first-order chi connectivity index (χ1) is 16.6. The maximum atomic E-state index is 15.3. The van der Waals surface area contributed by atoms with Crippen LogP contribution in [0.2, 0.25) is 0 Å². The van der Waals surface area contributed by atoms with E-state index >= 15 is 4.39 Å². The minimum atomic E-state index is -5.23. The van der Waals surface area contributed by atoms with Gasteiger partial charge in [0.05, 0.1) is 0 Å². The van der Waals surface area contributed by atoms with Gasteiger partial charge in [0.1, 0.15) is 0 Å². The third-order valence-corrected chi connectivity index (χ3v) is 22.4. The summed E-state index contributed by atoms with van der Waals surface area (Å²) in [7, 11) is 0. The van der Waals surface area contributed by atoms with Gasteiger partial charge in [-0.2, -0.15) is 0 Å². The van der Waals surface area contributed by atoms with Crippen LogP contribution in [0.1, 0.15) is 0 Å². The molecule has 0 aliphatic heterocycles. The molecule has 0 aliphatic carbocycles. The first-order valence-corrected chi connectivity index (χ1v) is 17.2. The molecule has 0 saturated heterocycles. The monoisotopic (exact) mass is 558 g/mol. The molecular formula is C30H23F2OSb. The molecule has 0 fully saturated rings. The summed E-state index contributed by atoms with van der Waals surface area (Å²) in [4.78, 5) is 0. The van der Waals surface area contributed by atoms with Crippen LogP contribution in [0.25, 0.3) is 0 Å². The molecule has 0 spiro atoms. The molecule has 168 valence electrons. The van der Waals surface area contributed by atoms with E-state index in [2.05, 4.69) is 48.5 Å². The van der Waals surface area contributed by atoms with E-state index in [-0.39, 0.29) is 5.75 Å². The first-order valence-electron chi connectivity index (χ1n) is 11.0. The first kappa shape index (κ1) is 22.4. The van der Waals surface area contributed by atoms with Crippen LogP contribution >= 0.6 is 0 Å². The van der Waals surface area contributed by atoms with Crippen molar-refractivity contribution in [2.75, 3.05) is 0 Å². The van der Waals surface area contributed by atoms with Crippen LogP contribution in [-0.4, -0.2) is 17.8 Å². The summed E-state index contributed by atoms with van der Waals surface area (Å²) in [5.41, 5.74) is 0. The van der Waals surface area contributed by atoms with Crippen LogP contribution in [0.5, 0.6) is 5.75 Å². The zero-order chi connectivity index (χ0) is 23.5. The van der Waals surface area contributed by atoms with Crippen molar-refractivity contribution in [3.63, 3.8) is 0 Å². The van der Waals surface area contributed by atoms with Gasteiger partial charge in [-0.25, -0.2) is 0 Å². The van der Waals surface area contributed by atoms with E-state index in [4.69, 9.17) is 3.02 Å². The third kappa shape index (κ3) is 3.43. The summed E-state index contributed by atoms with van der Waals surface area (Å²) in [6.45, 7) is 0. The molecule has 1 nitrogen and oxygen atoms in total. The molecule has 0 aliphatic rings. The van der Waals surface area contributed by atoms with Gasteiger partial charge in [0.2, 0.25) is 0 Å². The second-order valence-corrected chi connectivity index (χ2v) is 20.4. The molecule has 0 atom stereocenters. The Morgan fingerprint density at radius 2 is 0.794 bits per heavy atom. The number of halogens is 2. The second kappa shape index (κ2) is 9.08. The fraction of sp³-hybridized carbons (Fsp3) is 0. The molecule has 5 aromatic rings. The fourth-order valence-corrected chi connectivity index (χ4v) is 21.0. The van der Waals surface area contributed by atoms with E-state index in [1.165, 1.54) is 12.1 Å². The summed E-state index contributed by atoms with van der Waals surface area (Å²) >= 11 is -5.23. The Morgan fingerprint density at radius 1 is 0.441 bits per heavy atom. The SMILES string of the molecule is Fc1ccc([O][Sb]([c]2ccccc2)([c]2ccccc2)([c]2ccccc2)[c]2ccccc2)c(F)c1. The standard InChI is InChI=1S/C6H4F2O.4C6H5.Sb/c7-4-1-2-6(9)5(8)3-4;4*1-2-4-6-5-3-1;/h1-3,9H;4*1-5H;/q;;;;;+1/p-1. The van der Waals surface area contributed by atoms with Gasteiger partial charge in [0, 0.05) is 0 Å².